The van der Waals surface area contributed by atoms with E-state index < -0.39 is 18.0 Å². The van der Waals surface area contributed by atoms with Gasteiger partial charge in [-0.05, 0) is 61.7 Å². The van der Waals surface area contributed by atoms with Gasteiger partial charge in [0.15, 0.2) is 0 Å². The Morgan fingerprint density at radius 2 is 1.78 bits per heavy atom. The Morgan fingerprint density at radius 1 is 1.09 bits per heavy atom. The Balaban J connectivity index is 1.44. The molecule has 0 aromatic heterocycles. The molecule has 0 saturated carbocycles. The number of hydrogen-bond acceptors (Lipinski definition) is 4. The molecular formula is C22H24Cl2FN3O4. The van der Waals surface area contributed by atoms with Crippen molar-refractivity contribution >= 4 is 40.8 Å². The zero-order valence-electron chi connectivity index (χ0n) is 17.1. The van der Waals surface area contributed by atoms with Crippen LogP contribution in [0.1, 0.15) is 29.6 Å². The van der Waals surface area contributed by atoms with Gasteiger partial charge in [0.25, 0.3) is 5.91 Å². The van der Waals surface area contributed by atoms with Gasteiger partial charge < -0.3 is 25.8 Å². The molecule has 1 aliphatic heterocycles. The van der Waals surface area contributed by atoms with Gasteiger partial charge in [-0.15, -0.1) is 0 Å². The molecule has 0 spiro atoms. The van der Waals surface area contributed by atoms with Crippen molar-refractivity contribution in [1.29, 1.82) is 0 Å². The van der Waals surface area contributed by atoms with Crippen LogP contribution < -0.4 is 16.0 Å². The number of aliphatic hydroxyl groups excluding tert-OH is 1. The lowest BCUT2D eigenvalue weighted by Gasteiger charge is -2.36. The van der Waals surface area contributed by atoms with Crippen molar-refractivity contribution in [3.05, 3.63) is 63.9 Å². The molecule has 0 radical (unpaired) electrons. The maximum atomic E-state index is 13.0. The monoisotopic (exact) mass is 483 g/mol. The molecule has 4 N–H and O–H groups in total. The number of hydrogen-bond donors (Lipinski definition) is 4. The molecular weight excluding hydrogens is 460 g/mol. The van der Waals surface area contributed by atoms with E-state index in [0.717, 1.165) is 0 Å². The van der Waals surface area contributed by atoms with E-state index in [1.165, 1.54) is 36.4 Å². The molecule has 1 heterocycles. The minimum atomic E-state index is -0.574. The minimum absolute atomic E-state index is 0.173. The molecule has 0 bridgehead atoms. The average Bonchev–Trinajstić information content (AvgIpc) is 2.75. The summed E-state index contributed by atoms with van der Waals surface area (Å²) in [6.45, 7) is 0.111. The van der Waals surface area contributed by atoms with E-state index in [-0.39, 0.29) is 24.7 Å². The van der Waals surface area contributed by atoms with Crippen molar-refractivity contribution in [2.24, 2.45) is 0 Å². The van der Waals surface area contributed by atoms with E-state index in [4.69, 9.17) is 27.9 Å². The molecule has 3 atom stereocenters. The molecule has 32 heavy (non-hydrogen) atoms. The number of aliphatic hydroxyl groups is 1. The van der Waals surface area contributed by atoms with Crippen molar-refractivity contribution < 1.29 is 23.8 Å². The number of urea groups is 1. The van der Waals surface area contributed by atoms with Crippen LogP contribution >= 0.6 is 23.2 Å². The van der Waals surface area contributed by atoms with E-state index >= 15 is 0 Å². The van der Waals surface area contributed by atoms with E-state index in [1.54, 1.807) is 6.07 Å². The number of nitrogens with one attached hydrogen (secondary N) is 3. The van der Waals surface area contributed by atoms with Crippen LogP contribution in [0.25, 0.3) is 0 Å². The fourth-order valence-electron chi connectivity index (χ4n) is 3.51. The molecule has 7 nitrogen and oxygen atoms in total. The van der Waals surface area contributed by atoms with Crippen LogP contribution in [0.3, 0.4) is 0 Å². The summed E-state index contributed by atoms with van der Waals surface area (Å²) in [7, 11) is 0. The Hall–Kier alpha value is -2.39. The fourth-order valence-corrected chi connectivity index (χ4v) is 4.04. The molecule has 1 saturated heterocycles. The van der Waals surface area contributed by atoms with Crippen LogP contribution in [0, 0.1) is 5.82 Å². The lowest BCUT2D eigenvalue weighted by atomic mass is 9.97. The normalized spacial score (nSPS) is 20.4. The number of halogens is 3. The average molecular weight is 484 g/mol. The number of rotatable bonds is 7. The zero-order valence-corrected chi connectivity index (χ0v) is 18.6. The van der Waals surface area contributed by atoms with E-state index in [9.17, 15) is 19.1 Å². The first-order chi connectivity index (χ1) is 15.3. The van der Waals surface area contributed by atoms with Crippen LogP contribution in [-0.2, 0) is 4.74 Å². The highest BCUT2D eigenvalue weighted by Crippen LogP contribution is 2.22. The van der Waals surface area contributed by atoms with Gasteiger partial charge in [-0.2, -0.15) is 0 Å². The van der Waals surface area contributed by atoms with E-state index in [1.807, 2.05) is 0 Å². The van der Waals surface area contributed by atoms with Gasteiger partial charge in [0, 0.05) is 27.8 Å². The molecule has 172 valence electrons. The number of carbonyl (C=O) groups excluding carboxylic acids is 2. The summed E-state index contributed by atoms with van der Waals surface area (Å²) in [5.74, 6) is -0.684. The molecule has 2 aromatic rings. The van der Waals surface area contributed by atoms with Crippen molar-refractivity contribution in [2.75, 3.05) is 18.5 Å². The quantitative estimate of drug-likeness (QED) is 0.478. The van der Waals surface area contributed by atoms with Crippen molar-refractivity contribution in [1.82, 2.24) is 10.6 Å². The number of ether oxygens (including phenoxy) is 1. The molecule has 0 aliphatic carbocycles. The molecule has 10 heteroatoms. The van der Waals surface area contributed by atoms with Crippen molar-refractivity contribution in [2.45, 2.75) is 37.5 Å². The van der Waals surface area contributed by atoms with Crippen LogP contribution in [-0.4, -0.2) is 48.4 Å². The predicted molar refractivity (Wildman–Crippen MR) is 121 cm³/mol. The highest BCUT2D eigenvalue weighted by Gasteiger charge is 2.31. The van der Waals surface area contributed by atoms with Gasteiger partial charge in [-0.25, -0.2) is 9.18 Å². The third-order valence-corrected chi connectivity index (χ3v) is 5.53. The largest absolute Gasteiger partial charge is 0.394 e. The third-order valence-electron chi connectivity index (χ3n) is 5.09. The highest BCUT2D eigenvalue weighted by molar-refractivity contribution is 6.35. The summed E-state index contributed by atoms with van der Waals surface area (Å²) in [4.78, 5) is 24.5. The van der Waals surface area contributed by atoms with Crippen LogP contribution in [0.5, 0.6) is 0 Å². The van der Waals surface area contributed by atoms with Gasteiger partial charge in [0.05, 0.1) is 18.8 Å². The standard InChI is InChI=1S/C22H24Cl2FN3O4/c23-14-9-13(10-15(24)11-14)21(30)26-8-7-18-5-6-19(20(12-29)32-18)28-22(31)27-17-3-1-16(25)2-4-17/h1-4,9-11,18-20,29H,5-8,12H2,(H,26,30)(H2,27,28,31)/t18-,19+,20+/m1/s1. The summed E-state index contributed by atoms with van der Waals surface area (Å²) < 4.78 is 18.9. The van der Waals surface area contributed by atoms with Gasteiger partial charge in [0.2, 0.25) is 0 Å². The number of benzene rings is 2. The summed E-state index contributed by atoms with van der Waals surface area (Å²) in [5, 5.41) is 18.7. The maximum absolute atomic E-state index is 13.0. The summed E-state index contributed by atoms with van der Waals surface area (Å²) in [6.07, 6.45) is 1.05. The van der Waals surface area contributed by atoms with E-state index in [0.29, 0.717) is 47.1 Å². The molecule has 3 rings (SSSR count). The Labute approximate surface area is 195 Å². The second-order valence-corrected chi connectivity index (χ2v) is 8.34. The van der Waals surface area contributed by atoms with Crippen molar-refractivity contribution in [3.63, 3.8) is 0 Å². The summed E-state index contributed by atoms with van der Waals surface area (Å²) in [5.41, 5.74) is 0.826. The van der Waals surface area contributed by atoms with Crippen LogP contribution in [0.2, 0.25) is 10.0 Å². The van der Waals surface area contributed by atoms with E-state index in [2.05, 4.69) is 16.0 Å². The third kappa shape index (κ3) is 7.06. The fraction of sp³-hybridized carbons (Fsp3) is 0.364. The lowest BCUT2D eigenvalue weighted by molar-refractivity contribution is -0.0886. The molecule has 0 unspecified atom stereocenters. The molecule has 1 fully saturated rings. The second kappa shape index (κ2) is 11.5. The number of anilines is 1. The minimum Gasteiger partial charge on any atom is -0.394 e. The van der Waals surface area contributed by atoms with Gasteiger partial charge in [-0.1, -0.05) is 23.2 Å². The highest BCUT2D eigenvalue weighted by atomic mass is 35.5. The van der Waals surface area contributed by atoms with Gasteiger partial charge in [0.1, 0.15) is 11.9 Å². The first-order valence-corrected chi connectivity index (χ1v) is 10.9. The zero-order chi connectivity index (χ0) is 23.1. The summed E-state index contributed by atoms with van der Waals surface area (Å²) >= 11 is 11.9. The maximum Gasteiger partial charge on any atom is 0.319 e. The lowest BCUT2D eigenvalue weighted by Crippen LogP contribution is -2.52. The molecule has 2 aromatic carbocycles. The first kappa shape index (κ1) is 24.3. The van der Waals surface area contributed by atoms with Gasteiger partial charge in [-0.3, -0.25) is 4.79 Å². The number of amides is 3. The smallest absolute Gasteiger partial charge is 0.319 e. The SMILES string of the molecule is O=C(Nc1ccc(F)cc1)N[C@H]1CC[C@H](CCNC(=O)c2cc(Cl)cc(Cl)c2)O[C@H]1CO. The van der Waals surface area contributed by atoms with Crippen LogP contribution in [0.4, 0.5) is 14.9 Å². The number of carbonyl (C=O) groups is 2. The Morgan fingerprint density at radius 3 is 2.44 bits per heavy atom. The predicted octanol–water partition coefficient (Wildman–Crippen LogP) is 3.98. The molecule has 3 amide bonds. The topological polar surface area (TPSA) is 99.7 Å². The molecule has 1 aliphatic rings. The van der Waals surface area contributed by atoms with Crippen molar-refractivity contribution in [3.8, 4) is 0 Å². The Bertz CT molecular complexity index is 925. The Kier molecular flexibility index (Phi) is 8.69. The second-order valence-electron chi connectivity index (χ2n) is 7.47. The first-order valence-electron chi connectivity index (χ1n) is 10.2. The summed E-state index contributed by atoms with van der Waals surface area (Å²) in [6, 6.07) is 9.20. The van der Waals surface area contributed by atoms with Crippen LogP contribution in [0.15, 0.2) is 42.5 Å². The van der Waals surface area contributed by atoms with Gasteiger partial charge >= 0.3 is 6.03 Å².